The number of nitrogens with one attached hydrogen (secondary N) is 1. The standard InChI is InChI=1S/C21H32FN3O3S/c22-19-8-10-20(11-9-19)29(27,28)25-16-5-7-18(17-25)21(26)23-12-6-15-24-13-3-1-2-4-14-24/h8-11,18H,1-7,12-17H2,(H,23,26). The molecule has 0 aliphatic carbocycles. The molecule has 162 valence electrons. The molecule has 1 aromatic carbocycles. The molecule has 2 aliphatic heterocycles. The lowest BCUT2D eigenvalue weighted by atomic mass is 9.99. The monoisotopic (exact) mass is 425 g/mol. The second kappa shape index (κ2) is 10.5. The maximum absolute atomic E-state index is 13.1. The second-order valence-corrected chi connectivity index (χ2v) is 9.99. The molecule has 1 aromatic rings. The first kappa shape index (κ1) is 22.2. The highest BCUT2D eigenvalue weighted by atomic mass is 32.2. The highest BCUT2D eigenvalue weighted by Gasteiger charge is 2.33. The van der Waals surface area contributed by atoms with Gasteiger partial charge in [0.2, 0.25) is 15.9 Å². The molecular formula is C21H32FN3O3S. The van der Waals surface area contributed by atoms with Gasteiger partial charge in [0.25, 0.3) is 0 Å². The normalized spacial score (nSPS) is 22.2. The first-order valence-electron chi connectivity index (χ1n) is 10.7. The first-order valence-corrected chi connectivity index (χ1v) is 12.2. The molecule has 1 amide bonds. The largest absolute Gasteiger partial charge is 0.356 e. The predicted molar refractivity (Wildman–Crippen MR) is 110 cm³/mol. The third kappa shape index (κ3) is 6.23. The molecule has 1 N–H and O–H groups in total. The number of hydrogen-bond donors (Lipinski definition) is 1. The second-order valence-electron chi connectivity index (χ2n) is 8.06. The van der Waals surface area contributed by atoms with Crippen molar-refractivity contribution in [2.24, 2.45) is 5.92 Å². The van der Waals surface area contributed by atoms with Crippen LogP contribution in [0.4, 0.5) is 4.39 Å². The number of piperidine rings is 1. The van der Waals surface area contributed by atoms with Crippen molar-refractivity contribution in [1.82, 2.24) is 14.5 Å². The average Bonchev–Trinajstić information content (AvgIpc) is 3.00. The molecular weight excluding hydrogens is 393 g/mol. The molecule has 1 unspecified atom stereocenters. The van der Waals surface area contributed by atoms with Crippen LogP contribution in [0, 0.1) is 11.7 Å². The third-order valence-corrected chi connectivity index (χ3v) is 7.73. The number of halogens is 1. The van der Waals surface area contributed by atoms with E-state index in [0.29, 0.717) is 25.9 Å². The van der Waals surface area contributed by atoms with E-state index in [-0.39, 0.29) is 23.3 Å². The Labute approximate surface area is 173 Å². The van der Waals surface area contributed by atoms with E-state index in [9.17, 15) is 17.6 Å². The summed E-state index contributed by atoms with van der Waals surface area (Å²) < 4.78 is 40.1. The zero-order chi connectivity index (χ0) is 20.7. The fourth-order valence-corrected chi connectivity index (χ4v) is 5.67. The molecule has 3 rings (SSSR count). The number of nitrogens with zero attached hydrogens (tertiary/aromatic N) is 2. The van der Waals surface area contributed by atoms with Crippen LogP contribution >= 0.6 is 0 Å². The molecule has 0 spiro atoms. The Balaban J connectivity index is 1.47. The average molecular weight is 426 g/mol. The number of sulfonamides is 1. The maximum atomic E-state index is 13.1. The summed E-state index contributed by atoms with van der Waals surface area (Å²) >= 11 is 0. The Hall–Kier alpha value is -1.51. The van der Waals surface area contributed by atoms with E-state index in [2.05, 4.69) is 10.2 Å². The van der Waals surface area contributed by atoms with Crippen LogP contribution in [0.25, 0.3) is 0 Å². The van der Waals surface area contributed by atoms with E-state index in [1.165, 1.54) is 42.1 Å². The van der Waals surface area contributed by atoms with Crippen LogP contribution < -0.4 is 5.32 Å². The summed E-state index contributed by atoms with van der Waals surface area (Å²) in [4.78, 5) is 15.1. The Morgan fingerprint density at radius 2 is 1.72 bits per heavy atom. The molecule has 0 bridgehead atoms. The molecule has 2 aliphatic rings. The third-order valence-electron chi connectivity index (χ3n) is 5.86. The van der Waals surface area contributed by atoms with Crippen LogP contribution in [0.2, 0.25) is 0 Å². The number of likely N-dealkylation sites (tertiary alicyclic amines) is 1. The quantitative estimate of drug-likeness (QED) is 0.682. The molecule has 1 atom stereocenters. The van der Waals surface area contributed by atoms with Crippen molar-refractivity contribution < 1.29 is 17.6 Å². The number of hydrogen-bond acceptors (Lipinski definition) is 4. The van der Waals surface area contributed by atoms with Crippen LogP contribution in [0.3, 0.4) is 0 Å². The van der Waals surface area contributed by atoms with Crippen LogP contribution in [-0.4, -0.2) is 62.8 Å². The van der Waals surface area contributed by atoms with Gasteiger partial charge in [0.15, 0.2) is 0 Å². The van der Waals surface area contributed by atoms with Gasteiger partial charge in [-0.3, -0.25) is 4.79 Å². The van der Waals surface area contributed by atoms with E-state index >= 15 is 0 Å². The first-order chi connectivity index (χ1) is 14.0. The van der Waals surface area contributed by atoms with Crippen LogP contribution in [-0.2, 0) is 14.8 Å². The van der Waals surface area contributed by atoms with Crippen molar-refractivity contribution in [3.63, 3.8) is 0 Å². The lowest BCUT2D eigenvalue weighted by molar-refractivity contribution is -0.126. The van der Waals surface area contributed by atoms with Crippen molar-refractivity contribution in [2.75, 3.05) is 39.3 Å². The van der Waals surface area contributed by atoms with Crippen molar-refractivity contribution in [3.05, 3.63) is 30.1 Å². The Morgan fingerprint density at radius 3 is 2.41 bits per heavy atom. The minimum absolute atomic E-state index is 0.0670. The summed E-state index contributed by atoms with van der Waals surface area (Å²) in [5.41, 5.74) is 0. The number of benzene rings is 1. The molecule has 0 aromatic heterocycles. The Kier molecular flexibility index (Phi) is 8.03. The molecule has 8 heteroatoms. The van der Waals surface area contributed by atoms with E-state index in [1.54, 1.807) is 0 Å². The summed E-state index contributed by atoms with van der Waals surface area (Å²) in [7, 11) is -3.71. The smallest absolute Gasteiger partial charge is 0.243 e. The van der Waals surface area contributed by atoms with Crippen molar-refractivity contribution >= 4 is 15.9 Å². The van der Waals surface area contributed by atoms with Gasteiger partial charge < -0.3 is 10.2 Å². The molecule has 29 heavy (non-hydrogen) atoms. The van der Waals surface area contributed by atoms with Crippen molar-refractivity contribution in [3.8, 4) is 0 Å². The highest BCUT2D eigenvalue weighted by molar-refractivity contribution is 7.89. The van der Waals surface area contributed by atoms with Gasteiger partial charge >= 0.3 is 0 Å². The Bertz CT molecular complexity index is 762. The van der Waals surface area contributed by atoms with Crippen LogP contribution in [0.5, 0.6) is 0 Å². The van der Waals surface area contributed by atoms with E-state index in [4.69, 9.17) is 0 Å². The van der Waals surface area contributed by atoms with Gasteiger partial charge in [0.05, 0.1) is 10.8 Å². The summed E-state index contributed by atoms with van der Waals surface area (Å²) in [5, 5.41) is 2.99. The van der Waals surface area contributed by atoms with Gasteiger partial charge in [0.1, 0.15) is 5.82 Å². The van der Waals surface area contributed by atoms with Gasteiger partial charge in [-0.25, -0.2) is 12.8 Å². The fourth-order valence-electron chi connectivity index (χ4n) is 4.15. The van der Waals surface area contributed by atoms with Crippen molar-refractivity contribution in [1.29, 1.82) is 0 Å². The van der Waals surface area contributed by atoms with E-state index in [0.717, 1.165) is 38.2 Å². The van der Waals surface area contributed by atoms with Crippen LogP contribution in [0.1, 0.15) is 44.9 Å². The van der Waals surface area contributed by atoms with Crippen LogP contribution in [0.15, 0.2) is 29.2 Å². The van der Waals surface area contributed by atoms with E-state index in [1.807, 2.05) is 0 Å². The summed E-state index contributed by atoms with van der Waals surface area (Å²) in [6.45, 7) is 4.47. The summed E-state index contributed by atoms with van der Waals surface area (Å²) in [5.74, 6) is -0.878. The number of carbonyl (C=O) groups is 1. The van der Waals surface area contributed by atoms with Gasteiger partial charge in [-0.1, -0.05) is 12.8 Å². The zero-order valence-electron chi connectivity index (χ0n) is 17.0. The molecule has 2 fully saturated rings. The predicted octanol–water partition coefficient (Wildman–Crippen LogP) is 2.61. The zero-order valence-corrected chi connectivity index (χ0v) is 17.8. The number of amides is 1. The minimum Gasteiger partial charge on any atom is -0.356 e. The highest BCUT2D eigenvalue weighted by Crippen LogP contribution is 2.24. The van der Waals surface area contributed by atoms with Crippen molar-refractivity contribution in [2.45, 2.75) is 49.8 Å². The molecule has 6 nitrogen and oxygen atoms in total. The molecule has 0 radical (unpaired) electrons. The lowest BCUT2D eigenvalue weighted by Crippen LogP contribution is -2.45. The lowest BCUT2D eigenvalue weighted by Gasteiger charge is -2.31. The number of rotatable bonds is 7. The number of carbonyl (C=O) groups excluding carboxylic acids is 1. The molecule has 2 heterocycles. The fraction of sp³-hybridized carbons (Fsp3) is 0.667. The SMILES string of the molecule is O=C(NCCCN1CCCCCC1)C1CCCN(S(=O)(=O)c2ccc(F)cc2)C1. The summed E-state index contributed by atoms with van der Waals surface area (Å²) in [6.07, 6.45) is 7.38. The van der Waals surface area contributed by atoms with Gasteiger partial charge in [-0.15, -0.1) is 0 Å². The van der Waals surface area contributed by atoms with Gasteiger partial charge in [-0.2, -0.15) is 4.31 Å². The molecule has 0 saturated carbocycles. The maximum Gasteiger partial charge on any atom is 0.243 e. The topological polar surface area (TPSA) is 69.7 Å². The molecule has 2 saturated heterocycles. The minimum atomic E-state index is -3.71. The van der Waals surface area contributed by atoms with E-state index < -0.39 is 15.8 Å². The van der Waals surface area contributed by atoms with Gasteiger partial charge in [0, 0.05) is 19.6 Å². The Morgan fingerprint density at radius 1 is 1.03 bits per heavy atom. The van der Waals surface area contributed by atoms with Gasteiger partial charge in [-0.05, 0) is 76.0 Å². The summed E-state index contributed by atoms with van der Waals surface area (Å²) in [6, 6.07) is 4.84.